The maximum Gasteiger partial charge on any atom is 0.230 e. The molecular weight excluding hydrogens is 388 g/mol. The topological polar surface area (TPSA) is 83.9 Å². The van der Waals surface area contributed by atoms with E-state index in [4.69, 9.17) is 16.6 Å². The lowest BCUT2D eigenvalue weighted by molar-refractivity contribution is -0.120. The lowest BCUT2D eigenvalue weighted by Crippen LogP contribution is -2.41. The van der Waals surface area contributed by atoms with Gasteiger partial charge in [-0.2, -0.15) is 0 Å². The number of rotatable bonds is 4. The number of hydrogen-bond donors (Lipinski definition) is 1. The summed E-state index contributed by atoms with van der Waals surface area (Å²) in [6, 6.07) is 9.16. The second-order valence-electron chi connectivity index (χ2n) is 7.06. The van der Waals surface area contributed by atoms with E-state index in [9.17, 15) is 4.79 Å². The van der Waals surface area contributed by atoms with E-state index in [1.54, 1.807) is 24.5 Å². The summed E-state index contributed by atoms with van der Waals surface area (Å²) < 4.78 is 0. The second-order valence-corrected chi connectivity index (χ2v) is 7.50. The fraction of sp³-hybridized carbons (Fsp3) is 0.286. The minimum Gasteiger partial charge on any atom is -0.356 e. The number of nitrogens with zero attached hydrogens (tertiary/aromatic N) is 5. The first kappa shape index (κ1) is 19.3. The van der Waals surface area contributed by atoms with Crippen LogP contribution in [-0.2, 0) is 4.79 Å². The van der Waals surface area contributed by atoms with E-state index in [2.05, 4.69) is 25.2 Å². The number of hydrogen-bond acceptors (Lipinski definition) is 6. The van der Waals surface area contributed by atoms with Gasteiger partial charge in [-0.3, -0.25) is 9.78 Å². The van der Waals surface area contributed by atoms with Gasteiger partial charge in [0.25, 0.3) is 0 Å². The Bertz CT molecular complexity index is 996. The third kappa shape index (κ3) is 4.68. The van der Waals surface area contributed by atoms with Crippen LogP contribution in [0.3, 0.4) is 0 Å². The van der Waals surface area contributed by atoms with Gasteiger partial charge in [-0.25, -0.2) is 15.0 Å². The van der Waals surface area contributed by atoms with Crippen molar-refractivity contribution in [3.05, 3.63) is 59.6 Å². The Kier molecular flexibility index (Phi) is 5.67. The molecular formula is C21H21ClN6O. The number of halogens is 1. The molecule has 1 aliphatic heterocycles. The van der Waals surface area contributed by atoms with Crippen molar-refractivity contribution in [2.24, 2.45) is 5.92 Å². The molecule has 0 aromatic carbocycles. The van der Waals surface area contributed by atoms with E-state index in [0.29, 0.717) is 23.2 Å². The maximum absolute atomic E-state index is 12.7. The zero-order valence-electron chi connectivity index (χ0n) is 16.0. The highest BCUT2D eigenvalue weighted by Gasteiger charge is 2.27. The van der Waals surface area contributed by atoms with Crippen molar-refractivity contribution < 1.29 is 4.79 Å². The number of anilines is 2. The van der Waals surface area contributed by atoms with Crippen LogP contribution >= 0.6 is 11.6 Å². The van der Waals surface area contributed by atoms with Gasteiger partial charge in [-0.1, -0.05) is 11.6 Å². The molecule has 1 amide bonds. The highest BCUT2D eigenvalue weighted by atomic mass is 35.5. The number of carbonyl (C=O) groups excluding carboxylic acids is 1. The summed E-state index contributed by atoms with van der Waals surface area (Å²) in [7, 11) is 0. The Morgan fingerprint density at radius 3 is 2.79 bits per heavy atom. The minimum atomic E-state index is -0.138. The molecule has 3 aromatic heterocycles. The first-order valence-electron chi connectivity index (χ1n) is 9.52. The normalized spacial score (nSPS) is 16.5. The highest BCUT2D eigenvalue weighted by Crippen LogP contribution is 2.25. The van der Waals surface area contributed by atoms with E-state index in [1.165, 1.54) is 6.20 Å². The van der Waals surface area contributed by atoms with Gasteiger partial charge in [-0.05, 0) is 44.0 Å². The van der Waals surface area contributed by atoms with Crippen molar-refractivity contribution in [3.63, 3.8) is 0 Å². The largest absolute Gasteiger partial charge is 0.356 e. The number of aryl methyl sites for hydroxylation is 1. The van der Waals surface area contributed by atoms with Crippen molar-refractivity contribution in [3.8, 4) is 11.4 Å². The van der Waals surface area contributed by atoms with Gasteiger partial charge in [0.1, 0.15) is 11.6 Å². The van der Waals surface area contributed by atoms with Crippen LogP contribution in [0.4, 0.5) is 11.6 Å². The zero-order valence-corrected chi connectivity index (χ0v) is 16.8. The SMILES string of the molecule is Cc1cc(N2CCCC(C(=O)Nc3ccc(Cl)cn3)C2)nc(-c2ccncc2)n1. The summed E-state index contributed by atoms with van der Waals surface area (Å²) in [6.07, 6.45) is 6.73. The Hall–Kier alpha value is -3.06. The minimum absolute atomic E-state index is 0.0374. The van der Waals surface area contributed by atoms with E-state index in [0.717, 1.165) is 36.5 Å². The Labute approximate surface area is 174 Å². The molecule has 4 heterocycles. The van der Waals surface area contributed by atoms with Crippen LogP contribution in [0.15, 0.2) is 48.9 Å². The van der Waals surface area contributed by atoms with Crippen LogP contribution in [0.5, 0.6) is 0 Å². The first-order chi connectivity index (χ1) is 14.1. The highest BCUT2D eigenvalue weighted by molar-refractivity contribution is 6.30. The Balaban J connectivity index is 1.50. The molecule has 1 aliphatic rings. The molecule has 3 aromatic rings. The van der Waals surface area contributed by atoms with Crippen molar-refractivity contribution in [2.45, 2.75) is 19.8 Å². The van der Waals surface area contributed by atoms with Crippen molar-refractivity contribution in [1.82, 2.24) is 19.9 Å². The molecule has 1 fully saturated rings. The molecule has 0 spiro atoms. The predicted octanol–water partition coefficient (Wildman–Crippen LogP) is 3.75. The zero-order chi connectivity index (χ0) is 20.2. The van der Waals surface area contributed by atoms with Crippen molar-refractivity contribution >= 4 is 29.1 Å². The van der Waals surface area contributed by atoms with E-state index < -0.39 is 0 Å². The molecule has 0 radical (unpaired) electrons. The molecule has 148 valence electrons. The number of amides is 1. The van der Waals surface area contributed by atoms with Crippen molar-refractivity contribution in [1.29, 1.82) is 0 Å². The molecule has 0 saturated carbocycles. The number of piperidine rings is 1. The summed E-state index contributed by atoms with van der Waals surface area (Å²) >= 11 is 5.86. The summed E-state index contributed by atoms with van der Waals surface area (Å²) in [4.78, 5) is 32.4. The first-order valence-corrected chi connectivity index (χ1v) is 9.90. The van der Waals surface area contributed by atoms with Crippen molar-refractivity contribution in [2.75, 3.05) is 23.3 Å². The summed E-state index contributed by atoms with van der Waals surface area (Å²) in [6.45, 7) is 3.41. The molecule has 0 aliphatic carbocycles. The average Bonchev–Trinajstić information content (AvgIpc) is 2.75. The van der Waals surface area contributed by atoms with Crippen LogP contribution in [0.1, 0.15) is 18.5 Å². The van der Waals surface area contributed by atoms with E-state index >= 15 is 0 Å². The quantitative estimate of drug-likeness (QED) is 0.707. The van der Waals surface area contributed by atoms with E-state index in [1.807, 2.05) is 25.1 Å². The molecule has 29 heavy (non-hydrogen) atoms. The molecule has 0 bridgehead atoms. The smallest absolute Gasteiger partial charge is 0.230 e. The summed E-state index contributed by atoms with van der Waals surface area (Å²) in [5, 5.41) is 3.42. The summed E-state index contributed by atoms with van der Waals surface area (Å²) in [5.41, 5.74) is 1.81. The number of aromatic nitrogens is 4. The molecule has 1 atom stereocenters. The van der Waals surface area contributed by atoms with E-state index in [-0.39, 0.29) is 11.8 Å². The molecule has 1 N–H and O–H groups in total. The molecule has 1 saturated heterocycles. The Morgan fingerprint density at radius 1 is 1.21 bits per heavy atom. The monoisotopic (exact) mass is 408 g/mol. The lowest BCUT2D eigenvalue weighted by atomic mass is 9.97. The van der Waals surface area contributed by atoms with Gasteiger partial charge in [0.15, 0.2) is 5.82 Å². The number of carbonyl (C=O) groups is 1. The van der Waals surface area contributed by atoms with Crippen LogP contribution in [0, 0.1) is 12.8 Å². The summed E-state index contributed by atoms with van der Waals surface area (Å²) in [5.74, 6) is 1.84. The van der Waals surface area contributed by atoms with Gasteiger partial charge < -0.3 is 10.2 Å². The maximum atomic E-state index is 12.7. The molecule has 7 nitrogen and oxygen atoms in total. The van der Waals surface area contributed by atoms with Gasteiger partial charge in [0.2, 0.25) is 5.91 Å². The van der Waals surface area contributed by atoms with Crippen LogP contribution in [-0.4, -0.2) is 38.9 Å². The van der Waals surface area contributed by atoms with Gasteiger partial charge in [0, 0.05) is 49.0 Å². The Morgan fingerprint density at radius 2 is 2.03 bits per heavy atom. The molecule has 4 rings (SSSR count). The molecule has 1 unspecified atom stereocenters. The second kappa shape index (κ2) is 8.53. The van der Waals surface area contributed by atoms with Crippen LogP contribution in [0.2, 0.25) is 5.02 Å². The molecule has 8 heteroatoms. The van der Waals surface area contributed by atoms with Gasteiger partial charge in [0.05, 0.1) is 10.9 Å². The van der Waals surface area contributed by atoms with Crippen LogP contribution in [0.25, 0.3) is 11.4 Å². The standard InChI is InChI=1S/C21H21ClN6O/c1-14-11-19(27-20(25-14)15-6-8-23-9-7-15)28-10-2-3-16(13-28)21(29)26-18-5-4-17(22)12-24-18/h4-9,11-12,16H,2-3,10,13H2,1H3,(H,24,26,29). The third-order valence-electron chi connectivity index (χ3n) is 4.87. The number of nitrogens with one attached hydrogen (secondary N) is 1. The average molecular weight is 409 g/mol. The lowest BCUT2D eigenvalue weighted by Gasteiger charge is -2.33. The van der Waals surface area contributed by atoms with Gasteiger partial charge in [-0.15, -0.1) is 0 Å². The number of pyridine rings is 2. The fourth-order valence-electron chi connectivity index (χ4n) is 3.42. The third-order valence-corrected chi connectivity index (χ3v) is 5.10. The fourth-order valence-corrected chi connectivity index (χ4v) is 3.53. The predicted molar refractivity (Wildman–Crippen MR) is 113 cm³/mol. The van der Waals surface area contributed by atoms with Crippen LogP contribution < -0.4 is 10.2 Å². The van der Waals surface area contributed by atoms with Gasteiger partial charge >= 0.3 is 0 Å².